The zero-order valence-corrected chi connectivity index (χ0v) is 16.9. The van der Waals surface area contributed by atoms with E-state index >= 15 is 0 Å². The van der Waals surface area contributed by atoms with Gasteiger partial charge in [0, 0.05) is 5.02 Å². The SMILES string of the molecule is CCCN1CCCCCC1.C[C@@](O)(c1ccccc1)c1ccc(Cl)cc1. The molecule has 0 bridgehead atoms. The van der Waals surface area contributed by atoms with E-state index in [-0.39, 0.29) is 0 Å². The number of halogens is 1. The third-order valence-corrected chi connectivity index (χ3v) is 5.23. The van der Waals surface area contributed by atoms with Crippen molar-refractivity contribution in [2.75, 3.05) is 19.6 Å². The fourth-order valence-corrected chi connectivity index (χ4v) is 3.51. The third kappa shape index (κ3) is 6.42. The topological polar surface area (TPSA) is 23.5 Å². The summed E-state index contributed by atoms with van der Waals surface area (Å²) in [7, 11) is 0. The largest absolute Gasteiger partial charge is 0.381 e. The van der Waals surface area contributed by atoms with Crippen LogP contribution in [-0.4, -0.2) is 29.6 Å². The number of rotatable bonds is 4. The number of likely N-dealkylation sites (tertiary alicyclic amines) is 1. The van der Waals surface area contributed by atoms with Gasteiger partial charge in [-0.15, -0.1) is 0 Å². The lowest BCUT2D eigenvalue weighted by atomic mass is 9.88. The van der Waals surface area contributed by atoms with E-state index in [0.29, 0.717) is 5.02 Å². The van der Waals surface area contributed by atoms with Crippen LogP contribution in [0.15, 0.2) is 54.6 Å². The van der Waals surface area contributed by atoms with Gasteiger partial charge in [-0.05, 0) is 69.1 Å². The minimum Gasteiger partial charge on any atom is -0.381 e. The summed E-state index contributed by atoms with van der Waals surface area (Å²) in [4.78, 5) is 2.60. The fourth-order valence-electron chi connectivity index (χ4n) is 3.38. The first kappa shape index (κ1) is 21.0. The molecule has 0 unspecified atom stereocenters. The summed E-state index contributed by atoms with van der Waals surface area (Å²) in [6.07, 6.45) is 7.10. The lowest BCUT2D eigenvalue weighted by molar-refractivity contribution is 0.102. The molecule has 0 radical (unpaired) electrons. The first-order valence-corrected chi connectivity index (χ1v) is 10.2. The highest BCUT2D eigenvalue weighted by atomic mass is 35.5. The van der Waals surface area contributed by atoms with Gasteiger partial charge >= 0.3 is 0 Å². The van der Waals surface area contributed by atoms with Crippen molar-refractivity contribution >= 4 is 11.6 Å². The van der Waals surface area contributed by atoms with Crippen molar-refractivity contribution in [2.24, 2.45) is 0 Å². The van der Waals surface area contributed by atoms with Gasteiger partial charge in [0.1, 0.15) is 5.60 Å². The molecular weight excluding hydrogens is 342 g/mol. The molecule has 1 aliphatic rings. The van der Waals surface area contributed by atoms with Crippen LogP contribution in [0, 0.1) is 0 Å². The molecular formula is C23H32ClNO. The maximum atomic E-state index is 10.5. The van der Waals surface area contributed by atoms with Gasteiger partial charge in [-0.25, -0.2) is 0 Å². The molecule has 3 heteroatoms. The van der Waals surface area contributed by atoms with Gasteiger partial charge in [-0.3, -0.25) is 0 Å². The lowest BCUT2D eigenvalue weighted by Crippen LogP contribution is -2.25. The summed E-state index contributed by atoms with van der Waals surface area (Å²) < 4.78 is 0. The predicted molar refractivity (Wildman–Crippen MR) is 112 cm³/mol. The van der Waals surface area contributed by atoms with Crippen LogP contribution in [0.1, 0.15) is 57.1 Å². The smallest absolute Gasteiger partial charge is 0.112 e. The second kappa shape index (κ2) is 10.7. The van der Waals surface area contributed by atoms with Gasteiger partial charge < -0.3 is 10.0 Å². The Balaban J connectivity index is 0.000000209. The van der Waals surface area contributed by atoms with E-state index in [1.54, 1.807) is 19.1 Å². The summed E-state index contributed by atoms with van der Waals surface area (Å²) >= 11 is 5.83. The standard InChI is InChI=1S/C14H13ClO.C9H19N/c1-14(16,11-5-3-2-4-6-11)12-7-9-13(15)10-8-12;1-2-7-10-8-5-3-4-6-9-10/h2-10,16H,1H3;2-9H2,1H3/t14-;/m1./s1. The molecule has 1 aliphatic heterocycles. The van der Waals surface area contributed by atoms with Crippen molar-refractivity contribution in [2.45, 2.75) is 51.6 Å². The highest BCUT2D eigenvalue weighted by Crippen LogP contribution is 2.29. The maximum absolute atomic E-state index is 10.5. The zero-order chi connectivity index (χ0) is 18.8. The van der Waals surface area contributed by atoms with Crippen LogP contribution in [0.5, 0.6) is 0 Å². The van der Waals surface area contributed by atoms with Crippen molar-refractivity contribution in [3.05, 3.63) is 70.7 Å². The second-order valence-electron chi connectivity index (χ2n) is 7.20. The molecule has 1 heterocycles. The minimum atomic E-state index is -0.980. The van der Waals surface area contributed by atoms with Crippen LogP contribution in [0.4, 0.5) is 0 Å². The molecule has 0 aliphatic carbocycles. The number of nitrogens with zero attached hydrogens (tertiary/aromatic N) is 1. The molecule has 3 rings (SSSR count). The van der Waals surface area contributed by atoms with E-state index in [1.165, 1.54) is 51.7 Å². The molecule has 2 aromatic carbocycles. The summed E-state index contributed by atoms with van der Waals surface area (Å²) in [5, 5.41) is 11.2. The number of hydrogen-bond acceptors (Lipinski definition) is 2. The molecule has 1 atom stereocenters. The summed E-state index contributed by atoms with van der Waals surface area (Å²) in [5.74, 6) is 0. The normalized spacial score (nSPS) is 17.5. The van der Waals surface area contributed by atoms with E-state index in [2.05, 4.69) is 11.8 Å². The summed E-state index contributed by atoms with van der Waals surface area (Å²) in [5.41, 5.74) is 0.728. The van der Waals surface area contributed by atoms with Crippen molar-refractivity contribution in [3.63, 3.8) is 0 Å². The average Bonchev–Trinajstić information content (AvgIpc) is 2.93. The van der Waals surface area contributed by atoms with Crippen molar-refractivity contribution in [1.82, 2.24) is 4.90 Å². The number of aliphatic hydroxyl groups is 1. The van der Waals surface area contributed by atoms with Gasteiger partial charge in [0.15, 0.2) is 0 Å². The van der Waals surface area contributed by atoms with E-state index < -0.39 is 5.60 Å². The Morgan fingerprint density at radius 2 is 1.42 bits per heavy atom. The molecule has 1 saturated heterocycles. The second-order valence-corrected chi connectivity index (χ2v) is 7.64. The Morgan fingerprint density at radius 1 is 0.885 bits per heavy atom. The summed E-state index contributed by atoms with van der Waals surface area (Å²) in [6, 6.07) is 16.8. The predicted octanol–water partition coefficient (Wildman–Crippen LogP) is 5.87. The number of hydrogen-bond donors (Lipinski definition) is 1. The monoisotopic (exact) mass is 373 g/mol. The Bertz CT molecular complexity index is 616. The molecule has 2 aromatic rings. The Kier molecular flexibility index (Phi) is 8.64. The molecule has 0 spiro atoms. The van der Waals surface area contributed by atoms with E-state index in [4.69, 9.17) is 11.6 Å². The van der Waals surface area contributed by atoms with Crippen molar-refractivity contribution in [3.8, 4) is 0 Å². The molecule has 142 valence electrons. The van der Waals surface area contributed by atoms with E-state index in [0.717, 1.165) is 11.1 Å². The van der Waals surface area contributed by atoms with Crippen LogP contribution in [0.2, 0.25) is 5.02 Å². The summed E-state index contributed by atoms with van der Waals surface area (Å²) in [6.45, 7) is 8.08. The molecule has 1 N–H and O–H groups in total. The fraction of sp³-hybridized carbons (Fsp3) is 0.478. The Hall–Kier alpha value is -1.35. The van der Waals surface area contributed by atoms with Gasteiger partial charge in [-0.1, -0.05) is 73.8 Å². The number of benzene rings is 2. The molecule has 2 nitrogen and oxygen atoms in total. The van der Waals surface area contributed by atoms with E-state index in [9.17, 15) is 5.11 Å². The maximum Gasteiger partial charge on any atom is 0.112 e. The first-order chi connectivity index (χ1) is 12.5. The highest BCUT2D eigenvalue weighted by Gasteiger charge is 2.24. The van der Waals surface area contributed by atoms with Crippen LogP contribution >= 0.6 is 11.6 Å². The van der Waals surface area contributed by atoms with Crippen LogP contribution < -0.4 is 0 Å². The zero-order valence-electron chi connectivity index (χ0n) is 16.1. The molecule has 0 aromatic heterocycles. The van der Waals surface area contributed by atoms with E-state index in [1.807, 2.05) is 42.5 Å². The molecule has 0 saturated carbocycles. The van der Waals surface area contributed by atoms with Gasteiger partial charge in [0.05, 0.1) is 0 Å². The Labute approximate surface area is 163 Å². The minimum absolute atomic E-state index is 0.674. The quantitative estimate of drug-likeness (QED) is 0.724. The molecule has 0 amide bonds. The van der Waals surface area contributed by atoms with Crippen LogP contribution in [0.25, 0.3) is 0 Å². The van der Waals surface area contributed by atoms with Crippen molar-refractivity contribution in [1.29, 1.82) is 0 Å². The first-order valence-electron chi connectivity index (χ1n) is 9.80. The van der Waals surface area contributed by atoms with Crippen LogP contribution in [0.3, 0.4) is 0 Å². The lowest BCUT2D eigenvalue weighted by Gasteiger charge is -2.24. The van der Waals surface area contributed by atoms with Crippen molar-refractivity contribution < 1.29 is 5.11 Å². The average molecular weight is 374 g/mol. The van der Waals surface area contributed by atoms with Crippen LogP contribution in [-0.2, 0) is 5.60 Å². The molecule has 1 fully saturated rings. The van der Waals surface area contributed by atoms with Gasteiger partial charge in [0.25, 0.3) is 0 Å². The molecule has 26 heavy (non-hydrogen) atoms. The van der Waals surface area contributed by atoms with Gasteiger partial charge in [-0.2, -0.15) is 0 Å². The van der Waals surface area contributed by atoms with Gasteiger partial charge in [0.2, 0.25) is 0 Å². The highest BCUT2D eigenvalue weighted by molar-refractivity contribution is 6.30. The Morgan fingerprint density at radius 3 is 1.96 bits per heavy atom. The third-order valence-electron chi connectivity index (χ3n) is 4.98.